The first-order valence-electron chi connectivity index (χ1n) is 8.50. The Balaban J connectivity index is 1.75. The van der Waals surface area contributed by atoms with Gasteiger partial charge in [-0.3, -0.25) is 14.6 Å². The van der Waals surface area contributed by atoms with Crippen LogP contribution in [0, 0.1) is 12.8 Å². The smallest absolute Gasteiger partial charge is 0.308 e. The molecule has 1 fully saturated rings. The number of rotatable bonds is 4. The van der Waals surface area contributed by atoms with Crippen molar-refractivity contribution < 1.29 is 14.7 Å². The number of carboxylic acid groups (broad SMARTS) is 1. The van der Waals surface area contributed by atoms with Crippen molar-refractivity contribution in [1.29, 1.82) is 0 Å². The van der Waals surface area contributed by atoms with Crippen LogP contribution in [-0.2, 0) is 16.0 Å². The first-order valence-corrected chi connectivity index (χ1v) is 8.50. The van der Waals surface area contributed by atoms with E-state index in [-0.39, 0.29) is 24.8 Å². The van der Waals surface area contributed by atoms with Gasteiger partial charge >= 0.3 is 5.97 Å². The summed E-state index contributed by atoms with van der Waals surface area (Å²) in [6.07, 6.45) is 2.52. The second kappa shape index (κ2) is 7.47. The molecule has 25 heavy (non-hydrogen) atoms. The number of carbonyl (C=O) groups excluding carboxylic acids is 1. The molecule has 1 N–H and O–H groups in total. The van der Waals surface area contributed by atoms with Gasteiger partial charge in [0.25, 0.3) is 0 Å². The zero-order valence-electron chi connectivity index (χ0n) is 14.3. The average molecular weight is 338 g/mol. The fraction of sp³-hybridized carbons (Fsp3) is 0.350. The van der Waals surface area contributed by atoms with Gasteiger partial charge in [-0.2, -0.15) is 0 Å². The van der Waals surface area contributed by atoms with Gasteiger partial charge in [0.15, 0.2) is 0 Å². The molecule has 1 aliphatic rings. The second-order valence-electron chi connectivity index (χ2n) is 6.66. The van der Waals surface area contributed by atoms with Gasteiger partial charge in [0.05, 0.1) is 12.3 Å². The Labute approximate surface area is 147 Å². The lowest BCUT2D eigenvalue weighted by Gasteiger charge is -2.36. The molecular formula is C20H22N2O3. The molecule has 0 saturated carbocycles. The number of pyridine rings is 1. The number of likely N-dealkylation sites (tertiary alicyclic amines) is 1. The molecule has 2 atom stereocenters. The summed E-state index contributed by atoms with van der Waals surface area (Å²) in [5.74, 6) is -1.36. The van der Waals surface area contributed by atoms with Gasteiger partial charge in [-0.05, 0) is 30.5 Å². The normalized spacial score (nSPS) is 20.3. The molecule has 0 spiro atoms. The molecule has 5 heteroatoms. The molecule has 3 rings (SSSR count). The number of amides is 1. The van der Waals surface area contributed by atoms with Crippen LogP contribution in [0.5, 0.6) is 0 Å². The van der Waals surface area contributed by atoms with Crippen LogP contribution in [0.25, 0.3) is 0 Å². The molecule has 1 saturated heterocycles. The second-order valence-corrected chi connectivity index (χ2v) is 6.66. The lowest BCUT2D eigenvalue weighted by molar-refractivity contribution is -0.146. The molecule has 0 bridgehead atoms. The van der Waals surface area contributed by atoms with Crippen LogP contribution < -0.4 is 0 Å². The Morgan fingerprint density at radius 3 is 2.56 bits per heavy atom. The van der Waals surface area contributed by atoms with E-state index in [0.29, 0.717) is 13.0 Å². The summed E-state index contributed by atoms with van der Waals surface area (Å²) in [4.78, 5) is 30.2. The van der Waals surface area contributed by atoms with E-state index in [2.05, 4.69) is 4.98 Å². The van der Waals surface area contributed by atoms with E-state index in [1.807, 2.05) is 49.4 Å². The van der Waals surface area contributed by atoms with Gasteiger partial charge in [0.1, 0.15) is 0 Å². The number of aromatic nitrogens is 1. The Morgan fingerprint density at radius 2 is 1.92 bits per heavy atom. The first-order chi connectivity index (χ1) is 12.0. The minimum absolute atomic E-state index is 0.0439. The number of hydrogen-bond acceptors (Lipinski definition) is 3. The summed E-state index contributed by atoms with van der Waals surface area (Å²) in [6, 6.07) is 13.6. The number of aryl methyl sites for hydroxylation is 1. The number of aliphatic carboxylic acids is 1. The van der Waals surface area contributed by atoms with Crippen molar-refractivity contribution in [1.82, 2.24) is 9.88 Å². The molecule has 130 valence electrons. The molecule has 1 amide bonds. The zero-order valence-corrected chi connectivity index (χ0v) is 14.3. The predicted molar refractivity (Wildman–Crippen MR) is 94.2 cm³/mol. The monoisotopic (exact) mass is 338 g/mol. The van der Waals surface area contributed by atoms with Crippen LogP contribution in [0.4, 0.5) is 0 Å². The summed E-state index contributed by atoms with van der Waals surface area (Å²) in [7, 11) is 0. The summed E-state index contributed by atoms with van der Waals surface area (Å²) in [5, 5.41) is 9.47. The van der Waals surface area contributed by atoms with Gasteiger partial charge in [0, 0.05) is 30.9 Å². The molecule has 1 aromatic carbocycles. The maximum Gasteiger partial charge on any atom is 0.308 e. The van der Waals surface area contributed by atoms with Crippen molar-refractivity contribution in [2.75, 3.05) is 13.1 Å². The molecule has 0 radical (unpaired) electrons. The molecular weight excluding hydrogens is 316 g/mol. The third-order valence-electron chi connectivity index (χ3n) is 4.75. The Bertz CT molecular complexity index is 743. The number of carbonyl (C=O) groups is 2. The third-order valence-corrected chi connectivity index (χ3v) is 4.75. The Kier molecular flexibility index (Phi) is 5.12. The Hall–Kier alpha value is -2.69. The van der Waals surface area contributed by atoms with Crippen LogP contribution in [0.3, 0.4) is 0 Å². The summed E-state index contributed by atoms with van der Waals surface area (Å²) in [6.45, 7) is 2.74. The van der Waals surface area contributed by atoms with Gasteiger partial charge in [-0.25, -0.2) is 0 Å². The predicted octanol–water partition coefficient (Wildman–Crippen LogP) is 2.65. The van der Waals surface area contributed by atoms with Crippen LogP contribution in [0.1, 0.15) is 29.2 Å². The van der Waals surface area contributed by atoms with E-state index in [1.165, 1.54) is 0 Å². The Morgan fingerprint density at radius 1 is 1.16 bits per heavy atom. The van der Waals surface area contributed by atoms with Crippen molar-refractivity contribution >= 4 is 11.9 Å². The van der Waals surface area contributed by atoms with Crippen molar-refractivity contribution in [3.63, 3.8) is 0 Å². The van der Waals surface area contributed by atoms with Crippen LogP contribution in [0.15, 0.2) is 48.7 Å². The van der Waals surface area contributed by atoms with E-state index in [4.69, 9.17) is 0 Å². The quantitative estimate of drug-likeness (QED) is 0.930. The number of piperidine rings is 1. The highest BCUT2D eigenvalue weighted by Crippen LogP contribution is 2.30. The number of nitrogens with zero attached hydrogens (tertiary/aromatic N) is 2. The van der Waals surface area contributed by atoms with E-state index in [1.54, 1.807) is 11.1 Å². The van der Waals surface area contributed by atoms with E-state index in [0.717, 1.165) is 16.8 Å². The van der Waals surface area contributed by atoms with Crippen LogP contribution in [0.2, 0.25) is 0 Å². The molecule has 1 aliphatic heterocycles. The highest BCUT2D eigenvalue weighted by molar-refractivity contribution is 5.80. The van der Waals surface area contributed by atoms with Gasteiger partial charge in [-0.15, -0.1) is 0 Å². The molecule has 2 heterocycles. The number of hydrogen-bond donors (Lipinski definition) is 1. The average Bonchev–Trinajstić information content (AvgIpc) is 2.64. The lowest BCUT2D eigenvalue weighted by Crippen LogP contribution is -2.46. The molecule has 1 aromatic heterocycles. The third kappa shape index (κ3) is 4.24. The fourth-order valence-corrected chi connectivity index (χ4v) is 3.34. The van der Waals surface area contributed by atoms with Crippen molar-refractivity contribution in [3.8, 4) is 0 Å². The largest absolute Gasteiger partial charge is 0.481 e. The zero-order chi connectivity index (χ0) is 17.8. The first kappa shape index (κ1) is 17.1. The summed E-state index contributed by atoms with van der Waals surface area (Å²) >= 11 is 0. The van der Waals surface area contributed by atoms with Crippen molar-refractivity contribution in [2.45, 2.75) is 25.7 Å². The van der Waals surface area contributed by atoms with Crippen molar-refractivity contribution in [3.05, 3.63) is 65.5 Å². The molecule has 0 aliphatic carbocycles. The molecule has 5 nitrogen and oxygen atoms in total. The van der Waals surface area contributed by atoms with E-state index in [9.17, 15) is 14.7 Å². The van der Waals surface area contributed by atoms with E-state index < -0.39 is 11.9 Å². The topological polar surface area (TPSA) is 70.5 Å². The highest BCUT2D eigenvalue weighted by Gasteiger charge is 2.34. The number of carboxylic acids is 1. The lowest BCUT2D eigenvalue weighted by atomic mass is 9.84. The molecule has 0 unspecified atom stereocenters. The minimum atomic E-state index is -0.838. The van der Waals surface area contributed by atoms with Crippen molar-refractivity contribution in [2.24, 2.45) is 5.92 Å². The maximum absolute atomic E-state index is 12.7. The van der Waals surface area contributed by atoms with E-state index >= 15 is 0 Å². The van der Waals surface area contributed by atoms with Crippen LogP contribution >= 0.6 is 0 Å². The maximum atomic E-state index is 12.7. The molecule has 2 aromatic rings. The fourth-order valence-electron chi connectivity index (χ4n) is 3.34. The van der Waals surface area contributed by atoms with Gasteiger partial charge in [0.2, 0.25) is 5.91 Å². The highest BCUT2D eigenvalue weighted by atomic mass is 16.4. The number of benzene rings is 1. The summed E-state index contributed by atoms with van der Waals surface area (Å²) < 4.78 is 0. The summed E-state index contributed by atoms with van der Waals surface area (Å²) in [5.41, 5.74) is 2.84. The van der Waals surface area contributed by atoms with Gasteiger partial charge < -0.3 is 10.0 Å². The SMILES string of the molecule is Cc1ccc(CC(=O)N2C[C@@H](C(=O)O)C[C@H](c3ccccc3)C2)cn1. The van der Waals surface area contributed by atoms with Gasteiger partial charge in [-0.1, -0.05) is 36.4 Å². The van der Waals surface area contributed by atoms with Crippen LogP contribution in [-0.4, -0.2) is 40.0 Å². The minimum Gasteiger partial charge on any atom is -0.481 e. The standard InChI is InChI=1S/C20H22N2O3/c1-14-7-8-15(11-21-14)9-19(23)22-12-17(10-18(13-22)20(24)25)16-5-3-2-4-6-16/h2-8,11,17-18H,9-10,12-13H2,1H3,(H,24,25)/t17-,18-/m0/s1.